The van der Waals surface area contributed by atoms with Crippen LogP contribution in [-0.4, -0.2) is 34.7 Å². The van der Waals surface area contributed by atoms with Crippen LogP contribution in [0, 0.1) is 5.92 Å². The third-order valence-electron chi connectivity index (χ3n) is 4.06. The van der Waals surface area contributed by atoms with Crippen molar-refractivity contribution in [3.8, 4) is 0 Å². The van der Waals surface area contributed by atoms with Crippen molar-refractivity contribution in [2.45, 2.75) is 39.2 Å². The molecule has 0 bridgehead atoms. The molecule has 2 aromatic rings. The summed E-state index contributed by atoms with van der Waals surface area (Å²) in [6.07, 6.45) is 9.40. The third-order valence-corrected chi connectivity index (χ3v) is 4.06. The Morgan fingerprint density at radius 1 is 1.38 bits per heavy atom. The highest BCUT2D eigenvalue weighted by Gasteiger charge is 2.25. The van der Waals surface area contributed by atoms with Gasteiger partial charge in [0.05, 0.1) is 0 Å². The Bertz CT molecular complexity index is 701. The summed E-state index contributed by atoms with van der Waals surface area (Å²) in [6.45, 7) is 7.14. The van der Waals surface area contributed by atoms with E-state index >= 15 is 0 Å². The molecule has 0 unspecified atom stereocenters. The monoisotopic (exact) mass is 328 g/mol. The van der Waals surface area contributed by atoms with Gasteiger partial charge in [-0.3, -0.25) is 4.98 Å². The summed E-state index contributed by atoms with van der Waals surface area (Å²) >= 11 is 0. The van der Waals surface area contributed by atoms with E-state index in [0.717, 1.165) is 42.7 Å². The van der Waals surface area contributed by atoms with Gasteiger partial charge >= 0.3 is 6.09 Å². The number of pyridine rings is 1. The van der Waals surface area contributed by atoms with Crippen molar-refractivity contribution in [3.05, 3.63) is 36.4 Å². The van der Waals surface area contributed by atoms with E-state index in [-0.39, 0.29) is 6.09 Å². The van der Waals surface area contributed by atoms with Crippen molar-refractivity contribution in [2.24, 2.45) is 5.92 Å². The zero-order chi connectivity index (χ0) is 17.2. The summed E-state index contributed by atoms with van der Waals surface area (Å²) in [5.74, 6) is 1.29. The van der Waals surface area contributed by atoms with Gasteiger partial charge in [0.1, 0.15) is 16.9 Å². The Balaban J connectivity index is 1.54. The summed E-state index contributed by atoms with van der Waals surface area (Å²) in [5, 5.41) is 1.01. The van der Waals surface area contributed by atoms with Crippen LogP contribution in [0.1, 0.15) is 39.4 Å². The van der Waals surface area contributed by atoms with Crippen molar-refractivity contribution in [2.75, 3.05) is 13.1 Å². The first-order valence-electron chi connectivity index (χ1n) is 8.40. The fraction of sp³-hybridized carbons (Fsp3) is 0.474. The first kappa shape index (κ1) is 16.6. The molecule has 1 fully saturated rings. The van der Waals surface area contributed by atoms with Gasteiger partial charge in [-0.2, -0.15) is 0 Å². The molecule has 0 spiro atoms. The van der Waals surface area contributed by atoms with E-state index in [1.165, 1.54) is 0 Å². The molecule has 24 heavy (non-hydrogen) atoms. The van der Waals surface area contributed by atoms with Crippen LogP contribution in [0.2, 0.25) is 0 Å². The van der Waals surface area contributed by atoms with Crippen LogP contribution in [-0.2, 0) is 4.74 Å². The zero-order valence-corrected chi connectivity index (χ0v) is 14.5. The number of furan rings is 1. The lowest BCUT2D eigenvalue weighted by molar-refractivity contribution is 0.0197. The number of fused-ring (bicyclic) bond motifs is 1. The number of ether oxygens (including phenoxy) is 1. The fourth-order valence-electron chi connectivity index (χ4n) is 2.82. The number of amides is 1. The molecule has 2 aromatic heterocycles. The Morgan fingerprint density at radius 2 is 2.12 bits per heavy atom. The number of piperidine rings is 1. The number of hydrogen-bond donors (Lipinski definition) is 0. The summed E-state index contributed by atoms with van der Waals surface area (Å²) in [7, 11) is 0. The van der Waals surface area contributed by atoms with Crippen molar-refractivity contribution in [1.82, 2.24) is 9.88 Å². The second kappa shape index (κ2) is 6.67. The molecule has 1 amide bonds. The molecule has 0 aromatic carbocycles. The quantitative estimate of drug-likeness (QED) is 0.815. The minimum atomic E-state index is -0.440. The van der Waals surface area contributed by atoms with Crippen LogP contribution in [0.4, 0.5) is 4.79 Å². The van der Waals surface area contributed by atoms with Gasteiger partial charge in [0.25, 0.3) is 0 Å². The second-order valence-electron chi connectivity index (χ2n) is 7.23. The molecule has 3 rings (SSSR count). The minimum Gasteiger partial charge on any atom is -0.457 e. The van der Waals surface area contributed by atoms with Crippen LogP contribution in [0.25, 0.3) is 17.0 Å². The molecule has 5 nitrogen and oxygen atoms in total. The number of rotatable bonds is 2. The number of aromatic nitrogens is 1. The summed E-state index contributed by atoms with van der Waals surface area (Å²) in [4.78, 5) is 18.0. The molecule has 0 aliphatic carbocycles. The molecule has 0 atom stereocenters. The van der Waals surface area contributed by atoms with Crippen molar-refractivity contribution >= 4 is 23.1 Å². The van der Waals surface area contributed by atoms with Crippen LogP contribution < -0.4 is 0 Å². The Kier molecular flexibility index (Phi) is 4.60. The van der Waals surface area contributed by atoms with Crippen molar-refractivity contribution < 1.29 is 13.9 Å². The second-order valence-corrected chi connectivity index (χ2v) is 7.23. The Morgan fingerprint density at radius 3 is 2.79 bits per heavy atom. The van der Waals surface area contributed by atoms with Crippen molar-refractivity contribution in [1.29, 1.82) is 0 Å². The van der Waals surface area contributed by atoms with E-state index in [0.29, 0.717) is 5.92 Å². The van der Waals surface area contributed by atoms with Gasteiger partial charge in [0.15, 0.2) is 0 Å². The first-order valence-corrected chi connectivity index (χ1v) is 8.40. The number of nitrogens with zero attached hydrogens (tertiary/aromatic N) is 2. The lowest BCUT2D eigenvalue weighted by Crippen LogP contribution is -2.41. The van der Waals surface area contributed by atoms with Crippen LogP contribution in [0.5, 0.6) is 0 Å². The number of allylic oxidation sites excluding steroid dienone is 1. The molecule has 1 saturated heterocycles. The molecule has 5 heteroatoms. The molecule has 3 heterocycles. The maximum Gasteiger partial charge on any atom is 0.410 e. The highest BCUT2D eigenvalue weighted by atomic mass is 16.6. The Labute approximate surface area is 142 Å². The van der Waals surface area contributed by atoms with Crippen LogP contribution >= 0.6 is 0 Å². The molecular formula is C19H24N2O3. The molecule has 0 N–H and O–H groups in total. The van der Waals surface area contributed by atoms with Gasteiger partial charge in [-0.05, 0) is 57.7 Å². The fourth-order valence-corrected chi connectivity index (χ4v) is 2.82. The molecule has 0 radical (unpaired) electrons. The molecule has 1 aliphatic rings. The minimum absolute atomic E-state index is 0.213. The lowest BCUT2D eigenvalue weighted by atomic mass is 9.96. The average molecular weight is 328 g/mol. The zero-order valence-electron chi connectivity index (χ0n) is 14.5. The average Bonchev–Trinajstić information content (AvgIpc) is 2.94. The molecule has 0 saturated carbocycles. The summed E-state index contributed by atoms with van der Waals surface area (Å²) in [5.41, 5.74) is 0.411. The van der Waals surface area contributed by atoms with Crippen LogP contribution in [0.3, 0.4) is 0 Å². The van der Waals surface area contributed by atoms with Gasteiger partial charge < -0.3 is 14.1 Å². The number of likely N-dealkylation sites (tertiary alicyclic amines) is 1. The molecule has 128 valence electrons. The standard InChI is InChI=1S/C19H24N2O3/c1-19(2,3)24-18(22)21-10-7-14(8-11-21)4-5-16-12-15-13-20-9-6-17(15)23-16/h4-6,9,12-14H,7-8,10-11H2,1-3H3. The van der Waals surface area contributed by atoms with Crippen LogP contribution in [0.15, 0.2) is 35.0 Å². The first-order chi connectivity index (χ1) is 11.4. The molecular weight excluding hydrogens is 304 g/mol. The predicted molar refractivity (Wildman–Crippen MR) is 93.6 cm³/mol. The van der Waals surface area contributed by atoms with Gasteiger partial charge in [0.2, 0.25) is 0 Å². The summed E-state index contributed by atoms with van der Waals surface area (Å²) in [6, 6.07) is 3.86. The van der Waals surface area contributed by atoms with E-state index in [4.69, 9.17) is 9.15 Å². The molecule has 1 aliphatic heterocycles. The maximum absolute atomic E-state index is 12.1. The topological polar surface area (TPSA) is 55.6 Å². The van der Waals surface area contributed by atoms with E-state index in [9.17, 15) is 4.79 Å². The lowest BCUT2D eigenvalue weighted by Gasteiger charge is -2.32. The van der Waals surface area contributed by atoms with Gasteiger partial charge in [-0.25, -0.2) is 4.79 Å². The third kappa shape index (κ3) is 4.16. The van der Waals surface area contributed by atoms with Gasteiger partial charge in [-0.15, -0.1) is 0 Å². The van der Waals surface area contributed by atoms with E-state index in [1.54, 1.807) is 17.3 Å². The van der Waals surface area contributed by atoms with E-state index in [1.807, 2.05) is 39.0 Å². The predicted octanol–water partition coefficient (Wildman–Crippen LogP) is 4.49. The van der Waals surface area contributed by atoms with E-state index in [2.05, 4.69) is 11.1 Å². The highest BCUT2D eigenvalue weighted by molar-refractivity contribution is 5.78. The number of hydrogen-bond acceptors (Lipinski definition) is 4. The normalized spacial score (nSPS) is 16.9. The van der Waals surface area contributed by atoms with Gasteiger partial charge in [-0.1, -0.05) is 6.08 Å². The SMILES string of the molecule is CC(C)(C)OC(=O)N1CCC(C=Cc2cc3cnccc3o2)CC1. The van der Waals surface area contributed by atoms with Crippen molar-refractivity contribution in [3.63, 3.8) is 0 Å². The smallest absolute Gasteiger partial charge is 0.410 e. The maximum atomic E-state index is 12.1. The Hall–Kier alpha value is -2.30. The highest BCUT2D eigenvalue weighted by Crippen LogP contribution is 2.23. The summed E-state index contributed by atoms with van der Waals surface area (Å²) < 4.78 is 11.2. The number of carbonyl (C=O) groups excluding carboxylic acids is 1. The largest absolute Gasteiger partial charge is 0.457 e. The number of carbonyl (C=O) groups is 1. The van der Waals surface area contributed by atoms with E-state index < -0.39 is 5.60 Å². The van der Waals surface area contributed by atoms with Gasteiger partial charge in [0, 0.05) is 30.9 Å².